The average molecular weight is 411 g/mol. The van der Waals surface area contributed by atoms with Crippen LogP contribution in [0.4, 0.5) is 5.69 Å². The molecule has 1 spiro atoms. The molecule has 4 rings (SSSR count). The van der Waals surface area contributed by atoms with Crippen LogP contribution in [0.15, 0.2) is 48.5 Å². The highest BCUT2D eigenvalue weighted by Crippen LogP contribution is 2.33. The summed E-state index contributed by atoms with van der Waals surface area (Å²) >= 11 is 0. The van der Waals surface area contributed by atoms with E-state index in [1.165, 1.54) is 0 Å². The zero-order chi connectivity index (χ0) is 21.0. The third-order valence-corrected chi connectivity index (χ3v) is 6.00. The minimum Gasteiger partial charge on any atom is -0.497 e. The van der Waals surface area contributed by atoms with Crippen molar-refractivity contribution in [2.24, 2.45) is 0 Å². The van der Waals surface area contributed by atoms with Crippen molar-refractivity contribution in [3.8, 4) is 11.5 Å². The highest BCUT2D eigenvalue weighted by molar-refractivity contribution is 6.00. The van der Waals surface area contributed by atoms with Crippen LogP contribution < -0.4 is 14.4 Å². The quantitative estimate of drug-likeness (QED) is 0.755. The Hall–Kier alpha value is -2.57. The summed E-state index contributed by atoms with van der Waals surface area (Å²) in [5, 5.41) is 0. The van der Waals surface area contributed by atoms with E-state index in [1.54, 1.807) is 14.2 Å². The molecular formula is C24H30N2O4. The first kappa shape index (κ1) is 20.7. The van der Waals surface area contributed by atoms with Crippen LogP contribution in [-0.2, 0) is 16.1 Å². The lowest BCUT2D eigenvalue weighted by atomic mass is 9.93. The highest BCUT2D eigenvalue weighted by Gasteiger charge is 2.47. The minimum absolute atomic E-state index is 0.0825. The third-order valence-electron chi connectivity index (χ3n) is 6.00. The van der Waals surface area contributed by atoms with Gasteiger partial charge in [-0.1, -0.05) is 18.2 Å². The molecule has 1 amide bonds. The van der Waals surface area contributed by atoms with Gasteiger partial charge in [-0.25, -0.2) is 0 Å². The van der Waals surface area contributed by atoms with Gasteiger partial charge in [0.15, 0.2) is 5.60 Å². The average Bonchev–Trinajstić information content (AvgIpc) is 2.93. The van der Waals surface area contributed by atoms with E-state index in [0.29, 0.717) is 13.2 Å². The Morgan fingerprint density at radius 2 is 1.73 bits per heavy atom. The first-order valence-corrected chi connectivity index (χ1v) is 10.6. The number of carbonyl (C=O) groups is 1. The number of nitrogens with zero attached hydrogens (tertiary/aromatic N) is 2. The molecular weight excluding hydrogens is 380 g/mol. The van der Waals surface area contributed by atoms with Gasteiger partial charge in [0, 0.05) is 37.9 Å². The Morgan fingerprint density at radius 3 is 2.43 bits per heavy atom. The van der Waals surface area contributed by atoms with Crippen molar-refractivity contribution in [1.29, 1.82) is 0 Å². The van der Waals surface area contributed by atoms with Crippen LogP contribution in [0.5, 0.6) is 11.5 Å². The monoisotopic (exact) mass is 410 g/mol. The van der Waals surface area contributed by atoms with Gasteiger partial charge in [-0.2, -0.15) is 0 Å². The molecule has 160 valence electrons. The summed E-state index contributed by atoms with van der Waals surface area (Å²) in [5.74, 6) is 1.63. The van der Waals surface area contributed by atoms with E-state index in [-0.39, 0.29) is 5.91 Å². The number of para-hydroxylation sites is 1. The van der Waals surface area contributed by atoms with Crippen LogP contribution in [0.3, 0.4) is 0 Å². The van der Waals surface area contributed by atoms with Crippen molar-refractivity contribution in [1.82, 2.24) is 4.90 Å². The SMILES string of the molecule is COc1cc(CN2CCOC3(CCCCN(c4ccccc4)C3=O)C2)cc(OC)c1. The molecule has 2 saturated heterocycles. The maximum atomic E-state index is 13.7. The molecule has 0 saturated carbocycles. The van der Waals surface area contributed by atoms with Gasteiger partial charge in [0.1, 0.15) is 11.5 Å². The molecule has 2 aliphatic rings. The molecule has 0 radical (unpaired) electrons. The number of benzene rings is 2. The second-order valence-electron chi connectivity index (χ2n) is 8.02. The molecule has 2 aliphatic heterocycles. The Kier molecular flexibility index (Phi) is 6.25. The Balaban J connectivity index is 1.55. The lowest BCUT2D eigenvalue weighted by Gasteiger charge is -2.42. The van der Waals surface area contributed by atoms with Gasteiger partial charge in [-0.15, -0.1) is 0 Å². The van der Waals surface area contributed by atoms with Gasteiger partial charge in [0.05, 0.1) is 20.8 Å². The van der Waals surface area contributed by atoms with Crippen molar-refractivity contribution in [2.45, 2.75) is 31.4 Å². The van der Waals surface area contributed by atoms with Gasteiger partial charge in [0.25, 0.3) is 5.91 Å². The van der Waals surface area contributed by atoms with Gasteiger partial charge in [0.2, 0.25) is 0 Å². The van der Waals surface area contributed by atoms with E-state index >= 15 is 0 Å². The molecule has 1 unspecified atom stereocenters. The fourth-order valence-corrected chi connectivity index (χ4v) is 4.48. The third kappa shape index (κ3) is 4.30. The van der Waals surface area contributed by atoms with Crippen molar-refractivity contribution in [2.75, 3.05) is 45.4 Å². The summed E-state index contributed by atoms with van der Waals surface area (Å²) < 4.78 is 17.0. The van der Waals surface area contributed by atoms with E-state index in [1.807, 2.05) is 53.4 Å². The number of morpholine rings is 1. The van der Waals surface area contributed by atoms with E-state index in [4.69, 9.17) is 14.2 Å². The molecule has 2 heterocycles. The molecule has 2 aromatic carbocycles. The maximum absolute atomic E-state index is 13.7. The van der Waals surface area contributed by atoms with E-state index in [2.05, 4.69) is 4.90 Å². The lowest BCUT2D eigenvalue weighted by Crippen LogP contribution is -2.59. The van der Waals surface area contributed by atoms with Crippen molar-refractivity contribution >= 4 is 11.6 Å². The van der Waals surface area contributed by atoms with E-state index in [9.17, 15) is 4.79 Å². The zero-order valence-corrected chi connectivity index (χ0v) is 17.8. The second-order valence-corrected chi connectivity index (χ2v) is 8.02. The van der Waals surface area contributed by atoms with Crippen LogP contribution in [0.1, 0.15) is 24.8 Å². The molecule has 30 heavy (non-hydrogen) atoms. The number of ether oxygens (including phenoxy) is 3. The molecule has 2 aromatic rings. The number of hydrogen-bond acceptors (Lipinski definition) is 5. The fraction of sp³-hybridized carbons (Fsp3) is 0.458. The number of methoxy groups -OCH3 is 2. The number of carbonyl (C=O) groups excluding carboxylic acids is 1. The van der Waals surface area contributed by atoms with Gasteiger partial charge in [-0.05, 0) is 49.1 Å². The van der Waals surface area contributed by atoms with Crippen LogP contribution in [0, 0.1) is 0 Å². The predicted molar refractivity (Wildman–Crippen MR) is 116 cm³/mol. The van der Waals surface area contributed by atoms with Crippen LogP contribution >= 0.6 is 0 Å². The molecule has 0 bridgehead atoms. The Bertz CT molecular complexity index is 851. The van der Waals surface area contributed by atoms with Crippen LogP contribution in [0.25, 0.3) is 0 Å². The lowest BCUT2D eigenvalue weighted by molar-refractivity contribution is -0.158. The molecule has 2 fully saturated rings. The standard InChI is InChI=1S/C24H30N2O4/c1-28-21-14-19(15-22(16-21)29-2)17-25-12-13-30-24(18-25)10-6-7-11-26(23(24)27)20-8-4-3-5-9-20/h3-5,8-9,14-16H,6-7,10-13,17-18H2,1-2H3. The summed E-state index contributed by atoms with van der Waals surface area (Å²) in [5.41, 5.74) is 1.26. The maximum Gasteiger partial charge on any atom is 0.260 e. The van der Waals surface area contributed by atoms with E-state index in [0.717, 1.165) is 61.6 Å². The largest absolute Gasteiger partial charge is 0.497 e. The molecule has 0 aliphatic carbocycles. The van der Waals surface area contributed by atoms with E-state index < -0.39 is 5.60 Å². The molecule has 0 N–H and O–H groups in total. The summed E-state index contributed by atoms with van der Waals surface area (Å²) in [7, 11) is 3.31. The molecule has 0 aromatic heterocycles. The molecule has 6 nitrogen and oxygen atoms in total. The molecule has 6 heteroatoms. The van der Waals surface area contributed by atoms with Crippen molar-refractivity contribution in [3.63, 3.8) is 0 Å². The normalized spacial score (nSPS) is 22.7. The first-order chi connectivity index (χ1) is 14.6. The Morgan fingerprint density at radius 1 is 1.00 bits per heavy atom. The van der Waals surface area contributed by atoms with Crippen molar-refractivity contribution in [3.05, 3.63) is 54.1 Å². The van der Waals surface area contributed by atoms with Gasteiger partial charge >= 0.3 is 0 Å². The highest BCUT2D eigenvalue weighted by atomic mass is 16.5. The number of hydrogen-bond donors (Lipinski definition) is 0. The summed E-state index contributed by atoms with van der Waals surface area (Å²) in [6.45, 7) is 3.39. The van der Waals surface area contributed by atoms with Gasteiger partial charge < -0.3 is 19.1 Å². The van der Waals surface area contributed by atoms with Crippen molar-refractivity contribution < 1.29 is 19.0 Å². The number of anilines is 1. The Labute approximate surface area is 178 Å². The predicted octanol–water partition coefficient (Wildman–Crippen LogP) is 3.49. The molecule has 1 atom stereocenters. The minimum atomic E-state index is -0.784. The van der Waals surface area contributed by atoms with Gasteiger partial charge in [-0.3, -0.25) is 9.69 Å². The zero-order valence-electron chi connectivity index (χ0n) is 17.8. The second kappa shape index (κ2) is 9.06. The van der Waals surface area contributed by atoms with Crippen LogP contribution in [0.2, 0.25) is 0 Å². The number of amides is 1. The smallest absolute Gasteiger partial charge is 0.260 e. The summed E-state index contributed by atoms with van der Waals surface area (Å²) in [4.78, 5) is 17.9. The first-order valence-electron chi connectivity index (χ1n) is 10.6. The van der Waals surface area contributed by atoms with Crippen LogP contribution in [-0.4, -0.2) is 56.9 Å². The number of rotatable bonds is 5. The fourth-order valence-electron chi connectivity index (χ4n) is 4.48. The summed E-state index contributed by atoms with van der Waals surface area (Å²) in [6, 6.07) is 15.8. The topological polar surface area (TPSA) is 51.2 Å². The summed E-state index contributed by atoms with van der Waals surface area (Å²) in [6.07, 6.45) is 2.72.